The second-order valence-electron chi connectivity index (χ2n) is 6.07. The van der Waals surface area contributed by atoms with Gasteiger partial charge >= 0.3 is 0 Å². The van der Waals surface area contributed by atoms with E-state index in [2.05, 4.69) is 26.1 Å². The fourth-order valence-electron chi connectivity index (χ4n) is 2.73. The highest BCUT2D eigenvalue weighted by Gasteiger charge is 2.42. The zero-order valence-electron chi connectivity index (χ0n) is 9.97. The van der Waals surface area contributed by atoms with Crippen LogP contribution in [0.25, 0.3) is 0 Å². The van der Waals surface area contributed by atoms with Crippen LogP contribution in [0, 0.1) is 17.3 Å². The van der Waals surface area contributed by atoms with Gasteiger partial charge < -0.3 is 5.32 Å². The van der Waals surface area contributed by atoms with Gasteiger partial charge in [-0.2, -0.15) is 0 Å². The quantitative estimate of drug-likeness (QED) is 0.726. The third-order valence-electron chi connectivity index (χ3n) is 4.60. The van der Waals surface area contributed by atoms with Crippen molar-refractivity contribution in [2.75, 3.05) is 6.54 Å². The summed E-state index contributed by atoms with van der Waals surface area (Å²) in [6.45, 7) is 8.44. The first-order valence-corrected chi connectivity index (χ1v) is 6.33. The summed E-state index contributed by atoms with van der Waals surface area (Å²) in [6.07, 6.45) is 7.23. The minimum atomic E-state index is 0.643. The fourth-order valence-corrected chi connectivity index (χ4v) is 2.73. The van der Waals surface area contributed by atoms with E-state index in [0.717, 1.165) is 17.9 Å². The largest absolute Gasteiger partial charge is 0.313 e. The maximum atomic E-state index is 3.75. The van der Waals surface area contributed by atoms with Crippen LogP contribution in [0.1, 0.15) is 52.9 Å². The average molecular weight is 195 g/mol. The van der Waals surface area contributed by atoms with E-state index in [9.17, 15) is 0 Å². The Bertz CT molecular complexity index is 195. The van der Waals surface area contributed by atoms with Crippen LogP contribution in [0.3, 0.4) is 0 Å². The highest BCUT2D eigenvalue weighted by molar-refractivity contribution is 4.96. The summed E-state index contributed by atoms with van der Waals surface area (Å²) in [5, 5.41) is 3.75. The number of nitrogens with one attached hydrogen (secondary N) is 1. The molecular weight excluding hydrogens is 170 g/mol. The molecule has 0 amide bonds. The molecule has 1 N–H and O–H groups in total. The minimum absolute atomic E-state index is 0.643. The van der Waals surface area contributed by atoms with Crippen LogP contribution < -0.4 is 5.32 Å². The molecule has 0 saturated heterocycles. The molecule has 1 nitrogen and oxygen atoms in total. The number of rotatable bonds is 4. The van der Waals surface area contributed by atoms with Crippen LogP contribution >= 0.6 is 0 Å². The van der Waals surface area contributed by atoms with Crippen LogP contribution in [-0.4, -0.2) is 12.6 Å². The van der Waals surface area contributed by atoms with E-state index in [-0.39, 0.29) is 0 Å². The van der Waals surface area contributed by atoms with Crippen molar-refractivity contribution in [3.8, 4) is 0 Å². The molecule has 3 atom stereocenters. The summed E-state index contributed by atoms with van der Waals surface area (Å²) in [5.41, 5.74) is 0.643. The van der Waals surface area contributed by atoms with Gasteiger partial charge in [-0.05, 0) is 56.4 Å². The van der Waals surface area contributed by atoms with Crippen molar-refractivity contribution in [3.05, 3.63) is 0 Å². The van der Waals surface area contributed by atoms with Gasteiger partial charge in [-0.25, -0.2) is 0 Å². The maximum Gasteiger partial charge on any atom is 0.00926 e. The van der Waals surface area contributed by atoms with Crippen molar-refractivity contribution in [3.63, 3.8) is 0 Å². The van der Waals surface area contributed by atoms with E-state index in [1.165, 1.54) is 38.6 Å². The molecule has 3 unspecified atom stereocenters. The van der Waals surface area contributed by atoms with Gasteiger partial charge in [-0.15, -0.1) is 0 Å². The summed E-state index contributed by atoms with van der Waals surface area (Å²) in [6, 6.07) is 0.735. The second-order valence-corrected chi connectivity index (χ2v) is 6.07. The van der Waals surface area contributed by atoms with Crippen molar-refractivity contribution >= 4 is 0 Å². The number of hydrogen-bond acceptors (Lipinski definition) is 1. The normalized spacial score (nSPS) is 37.1. The highest BCUT2D eigenvalue weighted by atomic mass is 14.9. The molecule has 0 radical (unpaired) electrons. The minimum Gasteiger partial charge on any atom is -0.313 e. The Morgan fingerprint density at radius 1 is 1.36 bits per heavy atom. The number of hydrogen-bond donors (Lipinski definition) is 1. The van der Waals surface area contributed by atoms with Crippen molar-refractivity contribution < 1.29 is 0 Å². The highest BCUT2D eigenvalue weighted by Crippen LogP contribution is 2.48. The van der Waals surface area contributed by atoms with E-state index in [4.69, 9.17) is 0 Å². The molecule has 14 heavy (non-hydrogen) atoms. The third kappa shape index (κ3) is 2.31. The predicted molar refractivity (Wildman–Crippen MR) is 61.3 cm³/mol. The lowest BCUT2D eigenvalue weighted by molar-refractivity contribution is 0.348. The smallest absolute Gasteiger partial charge is 0.00926 e. The Balaban J connectivity index is 1.67. The van der Waals surface area contributed by atoms with E-state index in [1.54, 1.807) is 0 Å². The fraction of sp³-hybridized carbons (Fsp3) is 1.00. The van der Waals surface area contributed by atoms with Crippen molar-refractivity contribution in [1.82, 2.24) is 5.32 Å². The third-order valence-corrected chi connectivity index (χ3v) is 4.60. The summed E-state index contributed by atoms with van der Waals surface area (Å²) < 4.78 is 0. The van der Waals surface area contributed by atoms with E-state index < -0.39 is 0 Å². The summed E-state index contributed by atoms with van der Waals surface area (Å²) in [4.78, 5) is 0. The molecule has 1 heteroatoms. The molecule has 2 rings (SSSR count). The lowest BCUT2D eigenvalue weighted by Crippen LogP contribution is -2.36. The molecule has 2 aliphatic rings. The first-order chi connectivity index (χ1) is 6.60. The maximum absolute atomic E-state index is 3.75. The Morgan fingerprint density at radius 3 is 2.57 bits per heavy atom. The summed E-state index contributed by atoms with van der Waals surface area (Å²) >= 11 is 0. The second kappa shape index (κ2) is 3.84. The molecule has 0 heterocycles. The molecule has 82 valence electrons. The zero-order valence-corrected chi connectivity index (χ0v) is 9.97. The van der Waals surface area contributed by atoms with Crippen molar-refractivity contribution in [1.29, 1.82) is 0 Å². The Labute approximate surface area is 88.7 Å². The first-order valence-electron chi connectivity index (χ1n) is 6.33. The molecule has 0 aliphatic heterocycles. The SMILES string of the molecule is CC1CCC(CNC(C)C2(C)CC2)C1. The predicted octanol–water partition coefficient (Wildman–Crippen LogP) is 3.20. The van der Waals surface area contributed by atoms with Crippen LogP contribution in [0.5, 0.6) is 0 Å². The molecule has 0 aromatic carbocycles. The topological polar surface area (TPSA) is 12.0 Å². The molecule has 2 saturated carbocycles. The van der Waals surface area contributed by atoms with Crippen LogP contribution in [0.4, 0.5) is 0 Å². The monoisotopic (exact) mass is 195 g/mol. The van der Waals surface area contributed by atoms with Gasteiger partial charge in [0.15, 0.2) is 0 Å². The summed E-state index contributed by atoms with van der Waals surface area (Å²) in [5.74, 6) is 1.95. The Hall–Kier alpha value is -0.0400. The standard InChI is InChI=1S/C13H25N/c1-10-4-5-12(8-10)9-14-11(2)13(3)6-7-13/h10-12,14H,4-9H2,1-3H3. The first kappa shape index (κ1) is 10.5. The van der Waals surface area contributed by atoms with E-state index in [0.29, 0.717) is 5.41 Å². The van der Waals surface area contributed by atoms with Crippen LogP contribution in [0.2, 0.25) is 0 Å². The van der Waals surface area contributed by atoms with Crippen LogP contribution in [0.15, 0.2) is 0 Å². The van der Waals surface area contributed by atoms with Crippen molar-refractivity contribution in [2.45, 2.75) is 58.9 Å². The molecule has 0 bridgehead atoms. The summed E-state index contributed by atoms with van der Waals surface area (Å²) in [7, 11) is 0. The van der Waals surface area contributed by atoms with Gasteiger partial charge in [-0.3, -0.25) is 0 Å². The van der Waals surface area contributed by atoms with Gasteiger partial charge in [0.1, 0.15) is 0 Å². The van der Waals surface area contributed by atoms with E-state index in [1.807, 2.05) is 0 Å². The molecule has 2 fully saturated rings. The molecular formula is C13H25N. The molecule has 0 spiro atoms. The Morgan fingerprint density at radius 2 is 2.07 bits per heavy atom. The van der Waals surface area contributed by atoms with Crippen molar-refractivity contribution in [2.24, 2.45) is 17.3 Å². The van der Waals surface area contributed by atoms with Gasteiger partial charge in [0.05, 0.1) is 0 Å². The van der Waals surface area contributed by atoms with Gasteiger partial charge in [0.25, 0.3) is 0 Å². The lowest BCUT2D eigenvalue weighted by atomic mass is 9.99. The molecule has 0 aromatic heterocycles. The zero-order chi connectivity index (χ0) is 10.2. The molecule has 2 aliphatic carbocycles. The van der Waals surface area contributed by atoms with E-state index >= 15 is 0 Å². The molecule has 0 aromatic rings. The van der Waals surface area contributed by atoms with Crippen LogP contribution in [-0.2, 0) is 0 Å². The Kier molecular flexibility index (Phi) is 2.88. The average Bonchev–Trinajstić information content (AvgIpc) is 2.76. The van der Waals surface area contributed by atoms with Gasteiger partial charge in [-0.1, -0.05) is 20.3 Å². The van der Waals surface area contributed by atoms with Gasteiger partial charge in [0.2, 0.25) is 0 Å². The van der Waals surface area contributed by atoms with Gasteiger partial charge in [0, 0.05) is 6.04 Å². The lowest BCUT2D eigenvalue weighted by Gasteiger charge is -2.22.